The SMILES string of the molecule is O=C(NO)c1ccc(C(=O)N/N=C/c2ccc(O)c(O)c2)cc1. The molecule has 0 aliphatic heterocycles. The molecule has 2 amide bonds. The molecule has 8 nitrogen and oxygen atoms in total. The van der Waals surface area contributed by atoms with Crippen molar-refractivity contribution in [2.24, 2.45) is 5.10 Å². The molecule has 0 aromatic heterocycles. The number of nitrogens with one attached hydrogen (secondary N) is 2. The number of hydrazone groups is 1. The normalized spacial score (nSPS) is 10.5. The van der Waals surface area contributed by atoms with Crippen LogP contribution in [-0.4, -0.2) is 33.4 Å². The standard InChI is InChI=1S/C15H13N3O5/c19-12-6-1-9(7-13(12)20)8-16-17-14(21)10-2-4-11(5-3-10)15(22)18-23/h1-8,19-20,23H,(H,17,21)(H,18,22)/b16-8+. The van der Waals surface area contributed by atoms with Crippen LogP contribution in [0.3, 0.4) is 0 Å². The maximum Gasteiger partial charge on any atom is 0.274 e. The Hall–Kier alpha value is -3.39. The second-order valence-corrected chi connectivity index (χ2v) is 4.47. The van der Waals surface area contributed by atoms with Crippen molar-refractivity contribution >= 4 is 18.0 Å². The van der Waals surface area contributed by atoms with Gasteiger partial charge in [-0.3, -0.25) is 14.8 Å². The predicted molar refractivity (Wildman–Crippen MR) is 80.5 cm³/mol. The summed E-state index contributed by atoms with van der Waals surface area (Å²) in [7, 11) is 0. The minimum atomic E-state index is -0.679. The highest BCUT2D eigenvalue weighted by Gasteiger charge is 2.07. The van der Waals surface area contributed by atoms with Crippen LogP contribution in [-0.2, 0) is 0 Å². The maximum absolute atomic E-state index is 11.8. The van der Waals surface area contributed by atoms with Crippen LogP contribution in [0.2, 0.25) is 0 Å². The summed E-state index contributed by atoms with van der Waals surface area (Å²) >= 11 is 0. The number of nitrogens with zero attached hydrogens (tertiary/aromatic N) is 1. The minimum Gasteiger partial charge on any atom is -0.504 e. The van der Waals surface area contributed by atoms with Gasteiger partial charge in [-0.2, -0.15) is 5.10 Å². The quantitative estimate of drug-likeness (QED) is 0.248. The first-order chi connectivity index (χ1) is 11.0. The van der Waals surface area contributed by atoms with Crippen LogP contribution in [0.5, 0.6) is 11.5 Å². The summed E-state index contributed by atoms with van der Waals surface area (Å²) in [6.07, 6.45) is 1.30. The molecule has 2 rings (SSSR count). The Morgan fingerprint density at radius 3 is 2.09 bits per heavy atom. The zero-order chi connectivity index (χ0) is 16.8. The van der Waals surface area contributed by atoms with E-state index in [4.69, 9.17) is 5.21 Å². The van der Waals surface area contributed by atoms with E-state index in [-0.39, 0.29) is 22.6 Å². The number of amides is 2. The number of carbonyl (C=O) groups excluding carboxylic acids is 2. The highest BCUT2D eigenvalue weighted by molar-refractivity contribution is 5.97. The monoisotopic (exact) mass is 315 g/mol. The van der Waals surface area contributed by atoms with Gasteiger partial charge in [-0.15, -0.1) is 0 Å². The van der Waals surface area contributed by atoms with Gasteiger partial charge in [-0.1, -0.05) is 0 Å². The summed E-state index contributed by atoms with van der Waals surface area (Å²) in [6.45, 7) is 0. The third kappa shape index (κ3) is 4.05. The zero-order valence-electron chi connectivity index (χ0n) is 11.7. The lowest BCUT2D eigenvalue weighted by Gasteiger charge is -2.02. The van der Waals surface area contributed by atoms with E-state index in [0.29, 0.717) is 5.56 Å². The van der Waals surface area contributed by atoms with E-state index in [1.807, 2.05) is 0 Å². The van der Waals surface area contributed by atoms with E-state index in [1.165, 1.54) is 54.2 Å². The highest BCUT2D eigenvalue weighted by atomic mass is 16.5. The lowest BCUT2D eigenvalue weighted by Crippen LogP contribution is -2.20. The first-order valence-electron chi connectivity index (χ1n) is 6.41. The summed E-state index contributed by atoms with van der Waals surface area (Å²) in [5.41, 5.74) is 4.72. The number of hydrogen-bond donors (Lipinski definition) is 5. The number of phenols is 2. The highest BCUT2D eigenvalue weighted by Crippen LogP contribution is 2.23. The van der Waals surface area contributed by atoms with Crippen molar-refractivity contribution in [3.05, 3.63) is 59.2 Å². The second kappa shape index (κ2) is 7.05. The number of carbonyl (C=O) groups is 2. The van der Waals surface area contributed by atoms with Gasteiger partial charge in [0.05, 0.1) is 6.21 Å². The van der Waals surface area contributed by atoms with Gasteiger partial charge in [-0.05, 0) is 48.0 Å². The lowest BCUT2D eigenvalue weighted by atomic mass is 10.1. The molecule has 0 saturated carbocycles. The van der Waals surface area contributed by atoms with Crippen molar-refractivity contribution in [2.45, 2.75) is 0 Å². The third-order valence-electron chi connectivity index (χ3n) is 2.89. The fraction of sp³-hybridized carbons (Fsp3) is 0. The van der Waals surface area contributed by atoms with Crippen molar-refractivity contribution in [1.82, 2.24) is 10.9 Å². The summed E-state index contributed by atoms with van der Waals surface area (Å²) in [5, 5.41) is 30.7. The van der Waals surface area contributed by atoms with E-state index in [2.05, 4.69) is 10.5 Å². The van der Waals surface area contributed by atoms with Crippen LogP contribution < -0.4 is 10.9 Å². The molecule has 0 unspecified atom stereocenters. The predicted octanol–water partition coefficient (Wildman–Crippen LogP) is 0.981. The molecule has 2 aromatic rings. The van der Waals surface area contributed by atoms with Gasteiger partial charge >= 0.3 is 0 Å². The third-order valence-corrected chi connectivity index (χ3v) is 2.89. The molecule has 8 heteroatoms. The minimum absolute atomic E-state index is 0.201. The van der Waals surface area contributed by atoms with Crippen molar-refractivity contribution in [2.75, 3.05) is 0 Å². The van der Waals surface area contributed by atoms with E-state index in [0.717, 1.165) is 0 Å². The van der Waals surface area contributed by atoms with Gasteiger partial charge in [-0.25, -0.2) is 10.9 Å². The Kier molecular flexibility index (Phi) is 4.90. The molecule has 0 aliphatic carbocycles. The smallest absolute Gasteiger partial charge is 0.274 e. The summed E-state index contributed by atoms with van der Waals surface area (Å²) in [4.78, 5) is 23.0. The molecule has 0 fully saturated rings. The molecule has 0 aliphatic rings. The summed E-state index contributed by atoms with van der Waals surface area (Å²) in [5.74, 6) is -1.72. The fourth-order valence-electron chi connectivity index (χ4n) is 1.69. The Morgan fingerprint density at radius 2 is 1.52 bits per heavy atom. The van der Waals surface area contributed by atoms with Gasteiger partial charge in [0.25, 0.3) is 11.8 Å². The number of hydrogen-bond acceptors (Lipinski definition) is 6. The molecule has 0 saturated heterocycles. The largest absolute Gasteiger partial charge is 0.504 e. The van der Waals surface area contributed by atoms with Crippen molar-refractivity contribution in [1.29, 1.82) is 0 Å². The molecule has 2 aromatic carbocycles. The average molecular weight is 315 g/mol. The molecular formula is C15H13N3O5. The summed E-state index contributed by atoms with van der Waals surface area (Å²) in [6, 6.07) is 9.65. The van der Waals surface area contributed by atoms with Crippen LogP contribution in [0.15, 0.2) is 47.6 Å². The van der Waals surface area contributed by atoms with E-state index >= 15 is 0 Å². The first-order valence-corrected chi connectivity index (χ1v) is 6.41. The van der Waals surface area contributed by atoms with Crippen LogP contribution in [0.1, 0.15) is 26.3 Å². The van der Waals surface area contributed by atoms with Crippen LogP contribution in [0.25, 0.3) is 0 Å². The van der Waals surface area contributed by atoms with Gasteiger partial charge in [0.15, 0.2) is 11.5 Å². The second-order valence-electron chi connectivity index (χ2n) is 4.47. The molecule has 0 atom stereocenters. The van der Waals surface area contributed by atoms with Crippen molar-refractivity contribution in [3.63, 3.8) is 0 Å². The van der Waals surface area contributed by atoms with Gasteiger partial charge in [0.2, 0.25) is 0 Å². The van der Waals surface area contributed by atoms with E-state index in [1.54, 1.807) is 0 Å². The van der Waals surface area contributed by atoms with E-state index < -0.39 is 11.8 Å². The van der Waals surface area contributed by atoms with Crippen LogP contribution in [0.4, 0.5) is 0 Å². The Bertz CT molecular complexity index is 756. The molecule has 23 heavy (non-hydrogen) atoms. The number of hydroxylamine groups is 1. The molecule has 0 heterocycles. The molecule has 5 N–H and O–H groups in total. The van der Waals surface area contributed by atoms with Gasteiger partial charge in [0.1, 0.15) is 0 Å². The lowest BCUT2D eigenvalue weighted by molar-refractivity contribution is 0.0706. The summed E-state index contributed by atoms with van der Waals surface area (Å²) < 4.78 is 0. The number of benzene rings is 2. The fourth-order valence-corrected chi connectivity index (χ4v) is 1.69. The van der Waals surface area contributed by atoms with Gasteiger partial charge in [0, 0.05) is 11.1 Å². The Labute approximate surface area is 130 Å². The number of rotatable bonds is 4. The zero-order valence-corrected chi connectivity index (χ0v) is 11.7. The van der Waals surface area contributed by atoms with Crippen LogP contribution in [0, 0.1) is 0 Å². The Morgan fingerprint density at radius 1 is 0.913 bits per heavy atom. The molecule has 0 spiro atoms. The maximum atomic E-state index is 11.8. The van der Waals surface area contributed by atoms with Crippen LogP contribution >= 0.6 is 0 Å². The average Bonchev–Trinajstić information content (AvgIpc) is 2.57. The first kappa shape index (κ1) is 16.0. The number of phenolic OH excluding ortho intramolecular Hbond substituents is 2. The molecular weight excluding hydrogens is 302 g/mol. The van der Waals surface area contributed by atoms with Gasteiger partial charge < -0.3 is 10.2 Å². The molecule has 0 radical (unpaired) electrons. The molecule has 118 valence electrons. The number of aromatic hydroxyl groups is 2. The molecule has 0 bridgehead atoms. The van der Waals surface area contributed by atoms with E-state index in [9.17, 15) is 19.8 Å². The van der Waals surface area contributed by atoms with Crippen molar-refractivity contribution in [3.8, 4) is 11.5 Å². The van der Waals surface area contributed by atoms with Crippen molar-refractivity contribution < 1.29 is 25.0 Å². The Balaban J connectivity index is 2.00. The topological polar surface area (TPSA) is 131 Å².